The molecule has 0 saturated carbocycles. The summed E-state index contributed by atoms with van der Waals surface area (Å²) in [6.45, 7) is 6.39. The van der Waals surface area contributed by atoms with Crippen LogP contribution in [0.4, 0.5) is 27.3 Å². The van der Waals surface area contributed by atoms with Crippen LogP contribution in [0.1, 0.15) is 65.7 Å². The van der Waals surface area contributed by atoms with Gasteiger partial charge in [0.2, 0.25) is 17.7 Å². The fourth-order valence-electron chi connectivity index (χ4n) is 9.21. The van der Waals surface area contributed by atoms with Crippen LogP contribution in [-0.2, 0) is 19.1 Å². The molecule has 16 nitrogen and oxygen atoms in total. The number of anilines is 4. The number of carbonyl (C=O) groups excluding carboxylic acids is 5. The Morgan fingerprint density at radius 3 is 2.56 bits per heavy atom. The molecular formula is C46H49ClFN9O7. The molecule has 0 aliphatic carbocycles. The molecule has 4 fully saturated rings. The zero-order valence-corrected chi connectivity index (χ0v) is 35.9. The number of ether oxygens (including phenoxy) is 2. The van der Waals surface area contributed by atoms with Gasteiger partial charge in [-0.05, 0) is 100 Å². The van der Waals surface area contributed by atoms with Crippen LogP contribution in [0.2, 0.25) is 5.02 Å². The average Bonchev–Trinajstić information content (AvgIpc) is 3.88. The monoisotopic (exact) mass is 893 g/mol. The van der Waals surface area contributed by atoms with E-state index in [1.165, 1.54) is 18.5 Å². The molecule has 334 valence electrons. The summed E-state index contributed by atoms with van der Waals surface area (Å²) in [5, 5.41) is 12.6. The molecule has 0 spiro atoms. The van der Waals surface area contributed by atoms with Crippen molar-refractivity contribution in [1.82, 2.24) is 30.0 Å². The number of benzene rings is 3. The molecule has 1 aromatic heterocycles. The maximum Gasteiger partial charge on any atom is 0.262 e. The molecule has 0 radical (unpaired) electrons. The predicted octanol–water partition coefficient (Wildman–Crippen LogP) is 5.52. The van der Waals surface area contributed by atoms with Crippen molar-refractivity contribution >= 4 is 74.9 Å². The maximum atomic E-state index is 13.8. The minimum absolute atomic E-state index is 0.0248. The summed E-state index contributed by atoms with van der Waals surface area (Å²) in [5.41, 5.74) is 2.87. The number of carbonyl (C=O) groups is 5. The van der Waals surface area contributed by atoms with Crippen LogP contribution < -0.4 is 26.0 Å². The lowest BCUT2D eigenvalue weighted by atomic mass is 9.94. The molecule has 1 unspecified atom stereocenters. The Bertz CT molecular complexity index is 2510. The summed E-state index contributed by atoms with van der Waals surface area (Å²) in [7, 11) is 0. The first kappa shape index (κ1) is 43.3. The molecule has 5 amide bonds. The lowest BCUT2D eigenvalue weighted by Gasteiger charge is -2.38. The van der Waals surface area contributed by atoms with E-state index in [1.54, 1.807) is 36.4 Å². The number of rotatable bonds is 13. The predicted molar refractivity (Wildman–Crippen MR) is 237 cm³/mol. The van der Waals surface area contributed by atoms with Gasteiger partial charge in [-0.3, -0.25) is 39.1 Å². The summed E-state index contributed by atoms with van der Waals surface area (Å²) in [6, 6.07) is 12.2. The quantitative estimate of drug-likeness (QED) is 0.0973. The van der Waals surface area contributed by atoms with Gasteiger partial charge < -0.3 is 30.3 Å². The number of hydrogen-bond donors (Lipinski definition) is 4. The largest absolute Gasteiger partial charge is 0.486 e. The van der Waals surface area contributed by atoms with E-state index in [0.717, 1.165) is 75.4 Å². The normalized spacial score (nSPS) is 22.3. The number of likely N-dealkylation sites (tertiary alicyclic amines) is 2. The number of fused-ring (bicyclic) bond motifs is 2. The topological polar surface area (TPSA) is 187 Å². The molecule has 5 aliphatic rings. The van der Waals surface area contributed by atoms with Crippen LogP contribution in [0.3, 0.4) is 0 Å². The number of nitrogens with one attached hydrogen (secondary N) is 4. The zero-order chi connectivity index (χ0) is 44.3. The molecule has 9 rings (SSSR count). The van der Waals surface area contributed by atoms with Gasteiger partial charge in [0.05, 0.1) is 40.6 Å². The van der Waals surface area contributed by atoms with Gasteiger partial charge in [-0.1, -0.05) is 17.7 Å². The summed E-state index contributed by atoms with van der Waals surface area (Å²) in [5.74, 6) is -1.42. The lowest BCUT2D eigenvalue weighted by Crippen LogP contribution is -2.54. The van der Waals surface area contributed by atoms with Gasteiger partial charge in [0.1, 0.15) is 35.9 Å². The Kier molecular flexibility index (Phi) is 12.8. The van der Waals surface area contributed by atoms with Crippen LogP contribution >= 0.6 is 11.6 Å². The van der Waals surface area contributed by atoms with E-state index < -0.39 is 35.5 Å². The van der Waals surface area contributed by atoms with Gasteiger partial charge in [-0.25, -0.2) is 14.4 Å². The number of hydrogen-bond acceptors (Lipinski definition) is 13. The summed E-state index contributed by atoms with van der Waals surface area (Å²) in [6.07, 6.45) is 9.70. The van der Waals surface area contributed by atoms with Crippen molar-refractivity contribution < 1.29 is 37.8 Å². The molecule has 3 atom stereocenters. The highest BCUT2D eigenvalue weighted by atomic mass is 35.5. The zero-order valence-electron chi connectivity index (χ0n) is 35.1. The third kappa shape index (κ3) is 9.72. The van der Waals surface area contributed by atoms with Gasteiger partial charge >= 0.3 is 0 Å². The van der Waals surface area contributed by atoms with Crippen LogP contribution in [0.25, 0.3) is 10.9 Å². The van der Waals surface area contributed by atoms with E-state index >= 15 is 0 Å². The molecule has 4 aromatic rings. The molecule has 4 N–H and O–H groups in total. The van der Waals surface area contributed by atoms with Gasteiger partial charge in [-0.15, -0.1) is 0 Å². The molecule has 5 aliphatic heterocycles. The van der Waals surface area contributed by atoms with E-state index in [0.29, 0.717) is 59.5 Å². The van der Waals surface area contributed by atoms with Crippen molar-refractivity contribution in [1.29, 1.82) is 0 Å². The number of imide groups is 2. The van der Waals surface area contributed by atoms with Gasteiger partial charge in [0, 0.05) is 67.4 Å². The van der Waals surface area contributed by atoms with E-state index in [9.17, 15) is 28.4 Å². The van der Waals surface area contributed by atoms with E-state index in [-0.39, 0.29) is 47.0 Å². The first-order chi connectivity index (χ1) is 31.0. The first-order valence-corrected chi connectivity index (χ1v) is 22.2. The van der Waals surface area contributed by atoms with Crippen molar-refractivity contribution in [2.45, 2.75) is 63.1 Å². The molecule has 6 heterocycles. The smallest absolute Gasteiger partial charge is 0.262 e. The minimum atomic E-state index is -0.994. The first-order valence-electron chi connectivity index (χ1n) is 21.8. The molecule has 18 heteroatoms. The third-order valence-corrected chi connectivity index (χ3v) is 12.8. The van der Waals surface area contributed by atoms with Crippen LogP contribution in [0.15, 0.2) is 67.0 Å². The number of aromatic nitrogens is 2. The summed E-state index contributed by atoms with van der Waals surface area (Å²) >= 11 is 6.02. The minimum Gasteiger partial charge on any atom is -0.486 e. The second-order valence-corrected chi connectivity index (χ2v) is 17.4. The van der Waals surface area contributed by atoms with Crippen molar-refractivity contribution in [2.75, 3.05) is 68.4 Å². The SMILES string of the molecule is O=C(/C=C/CN1CCC(CN2CCC[C@H](Nc3ccc4c(c3)C(=O)N(C3CCC(=O)NC3=O)C4=O)C2)CC1)Nc1cc2c(Nc3ccc(F)c(Cl)c3)ncnc2cc1O[C@H]1CCOC1. The van der Waals surface area contributed by atoms with Crippen molar-refractivity contribution in [3.05, 3.63) is 89.0 Å². The van der Waals surface area contributed by atoms with E-state index in [4.69, 9.17) is 21.1 Å². The third-order valence-electron chi connectivity index (χ3n) is 12.5. The second kappa shape index (κ2) is 19.0. The maximum absolute atomic E-state index is 13.8. The summed E-state index contributed by atoms with van der Waals surface area (Å²) < 4.78 is 25.6. The van der Waals surface area contributed by atoms with E-state index in [2.05, 4.69) is 41.0 Å². The van der Waals surface area contributed by atoms with E-state index in [1.807, 2.05) is 12.1 Å². The highest BCUT2D eigenvalue weighted by molar-refractivity contribution is 6.31. The van der Waals surface area contributed by atoms with Crippen molar-refractivity contribution in [3.63, 3.8) is 0 Å². The highest BCUT2D eigenvalue weighted by Gasteiger charge is 2.44. The van der Waals surface area contributed by atoms with Gasteiger partial charge in [0.25, 0.3) is 11.8 Å². The van der Waals surface area contributed by atoms with Crippen LogP contribution in [0, 0.1) is 11.7 Å². The fraction of sp³-hybridized carbons (Fsp3) is 0.413. The van der Waals surface area contributed by atoms with Gasteiger partial charge in [-0.2, -0.15) is 0 Å². The molecule has 0 bridgehead atoms. The number of piperidine rings is 3. The average molecular weight is 894 g/mol. The Hall–Kier alpha value is -6.01. The Morgan fingerprint density at radius 2 is 1.77 bits per heavy atom. The molecule has 64 heavy (non-hydrogen) atoms. The fourth-order valence-corrected chi connectivity index (χ4v) is 9.39. The van der Waals surface area contributed by atoms with Crippen LogP contribution in [0.5, 0.6) is 5.75 Å². The Balaban J connectivity index is 0.760. The molecule has 4 saturated heterocycles. The summed E-state index contributed by atoms with van der Waals surface area (Å²) in [4.78, 5) is 78.7. The second-order valence-electron chi connectivity index (χ2n) is 17.0. The lowest BCUT2D eigenvalue weighted by molar-refractivity contribution is -0.136. The van der Waals surface area contributed by atoms with Crippen molar-refractivity contribution in [3.8, 4) is 5.75 Å². The highest BCUT2D eigenvalue weighted by Crippen LogP contribution is 2.36. The molecule has 3 aromatic carbocycles. The Morgan fingerprint density at radius 1 is 0.938 bits per heavy atom. The van der Waals surface area contributed by atoms with Crippen LogP contribution in [-0.4, -0.2) is 125 Å². The Labute approximate surface area is 373 Å². The number of nitrogens with zero attached hydrogens (tertiary/aromatic N) is 5. The van der Waals surface area contributed by atoms with Gasteiger partial charge in [0.15, 0.2) is 0 Å². The number of halogens is 2. The molecular weight excluding hydrogens is 845 g/mol. The number of amides is 5. The standard InChI is InChI=1S/C46H49ClFN9O7/c47-35-20-29(6-8-36(35)48)52-43-34-21-38(40(22-37(34)49-26-50-43)64-31-13-18-63-25-31)53-41(58)4-2-14-55-16-11-27(12-17-55)23-56-15-1-3-30(24-56)51-28-5-7-32-33(19-28)46(62)57(45(32)61)39-9-10-42(59)54-44(39)60/h2,4-8,19-22,26-27,30-31,39,51H,1,3,9-18,23-25H2,(H,53,58)(H,49,50,52)(H,54,59,60)/b4-2+/t30-,31-,39?/m0/s1. The van der Waals surface area contributed by atoms with Crippen molar-refractivity contribution in [2.24, 2.45) is 5.92 Å².